The number of nitrogens with one attached hydrogen (secondary N) is 1. The molecule has 2 heterocycles. The fourth-order valence-electron chi connectivity index (χ4n) is 3.09. The van der Waals surface area contributed by atoms with Crippen molar-refractivity contribution in [3.63, 3.8) is 0 Å². The number of nitriles is 1. The highest BCUT2D eigenvalue weighted by atomic mass is 32.2. The van der Waals surface area contributed by atoms with Crippen LogP contribution in [0.3, 0.4) is 0 Å². The maximum absolute atomic E-state index is 12.6. The first-order valence-corrected chi connectivity index (χ1v) is 9.71. The van der Waals surface area contributed by atoms with Crippen molar-refractivity contribution in [2.45, 2.75) is 56.7 Å². The third-order valence-electron chi connectivity index (χ3n) is 4.52. The number of anilines is 1. The Balaban J connectivity index is 1.79. The fraction of sp³-hybridized carbons (Fsp3) is 0.474. The summed E-state index contributed by atoms with van der Waals surface area (Å²) in [5.41, 5.74) is 2.78. The van der Waals surface area contributed by atoms with E-state index in [4.69, 9.17) is 9.51 Å². The molecule has 0 radical (unpaired) electrons. The van der Waals surface area contributed by atoms with Gasteiger partial charge in [-0.1, -0.05) is 30.8 Å². The van der Waals surface area contributed by atoms with E-state index in [0.717, 1.165) is 25.0 Å². The van der Waals surface area contributed by atoms with Crippen LogP contribution in [0.25, 0.3) is 0 Å². The van der Waals surface area contributed by atoms with Gasteiger partial charge in [-0.2, -0.15) is 5.26 Å². The van der Waals surface area contributed by atoms with E-state index >= 15 is 0 Å². The second kappa shape index (κ2) is 7.92. The number of aryl methyl sites for hydroxylation is 2. The van der Waals surface area contributed by atoms with Gasteiger partial charge in [-0.15, -0.1) is 0 Å². The van der Waals surface area contributed by atoms with E-state index in [2.05, 4.69) is 23.5 Å². The average molecular weight is 370 g/mol. The van der Waals surface area contributed by atoms with Gasteiger partial charge in [0.25, 0.3) is 0 Å². The van der Waals surface area contributed by atoms with E-state index in [0.29, 0.717) is 34.5 Å². The van der Waals surface area contributed by atoms with Crippen LogP contribution in [0.2, 0.25) is 0 Å². The Morgan fingerprint density at radius 1 is 1.54 bits per heavy atom. The molecule has 2 aromatic rings. The summed E-state index contributed by atoms with van der Waals surface area (Å²) in [5, 5.41) is 16.4. The Bertz CT molecular complexity index is 856. The molecule has 7 heteroatoms. The van der Waals surface area contributed by atoms with Gasteiger partial charge < -0.3 is 9.84 Å². The predicted octanol–water partition coefficient (Wildman–Crippen LogP) is 3.88. The van der Waals surface area contributed by atoms with Gasteiger partial charge in [0.2, 0.25) is 5.91 Å². The van der Waals surface area contributed by atoms with Crippen molar-refractivity contribution in [3.8, 4) is 6.07 Å². The molecule has 0 spiro atoms. The highest BCUT2D eigenvalue weighted by Gasteiger charge is 2.24. The van der Waals surface area contributed by atoms with E-state index in [1.807, 2.05) is 13.0 Å². The Morgan fingerprint density at radius 2 is 2.35 bits per heavy atom. The molecule has 136 valence electrons. The Kier molecular flexibility index (Phi) is 5.62. The number of pyridine rings is 1. The Morgan fingerprint density at radius 3 is 3.00 bits per heavy atom. The summed E-state index contributed by atoms with van der Waals surface area (Å²) in [5.74, 6) is 1.50. The van der Waals surface area contributed by atoms with Gasteiger partial charge in [0.05, 0.1) is 10.8 Å². The molecule has 6 nitrogen and oxygen atoms in total. The lowest BCUT2D eigenvalue weighted by molar-refractivity contribution is -0.115. The summed E-state index contributed by atoms with van der Waals surface area (Å²) in [6, 6.07) is 5.86. The number of hydrogen-bond donors (Lipinski definition) is 1. The van der Waals surface area contributed by atoms with Crippen LogP contribution in [-0.4, -0.2) is 21.3 Å². The molecule has 1 amide bonds. The third kappa shape index (κ3) is 4.07. The number of thioether (sulfide) groups is 1. The number of fused-ring (bicyclic) bond motifs is 1. The van der Waals surface area contributed by atoms with Crippen molar-refractivity contribution in [1.82, 2.24) is 10.1 Å². The van der Waals surface area contributed by atoms with Crippen LogP contribution in [-0.2, 0) is 17.6 Å². The van der Waals surface area contributed by atoms with Crippen LogP contribution >= 0.6 is 11.8 Å². The summed E-state index contributed by atoms with van der Waals surface area (Å²) < 4.78 is 4.98. The van der Waals surface area contributed by atoms with Crippen LogP contribution in [0.1, 0.15) is 49.3 Å². The zero-order valence-corrected chi connectivity index (χ0v) is 16.0. The molecule has 0 aromatic carbocycles. The predicted molar refractivity (Wildman–Crippen MR) is 99.9 cm³/mol. The smallest absolute Gasteiger partial charge is 0.239 e. The monoisotopic (exact) mass is 370 g/mol. The number of aromatic nitrogens is 2. The molecule has 2 aromatic heterocycles. The molecule has 0 bridgehead atoms. The van der Waals surface area contributed by atoms with Crippen molar-refractivity contribution < 1.29 is 9.32 Å². The maximum Gasteiger partial charge on any atom is 0.239 e. The number of carbonyl (C=O) groups is 1. The first-order chi connectivity index (χ1) is 12.5. The van der Waals surface area contributed by atoms with E-state index in [9.17, 15) is 10.1 Å². The van der Waals surface area contributed by atoms with Crippen LogP contribution in [0.15, 0.2) is 21.7 Å². The SMILES string of the molecule is CC[C@H](Sc1nc2c(cc1C#N)C[C@@H](C)CC2)C(=O)Nc1cc(C)on1. The van der Waals surface area contributed by atoms with Crippen molar-refractivity contribution in [2.75, 3.05) is 5.32 Å². The molecule has 0 aliphatic heterocycles. The minimum Gasteiger partial charge on any atom is -0.360 e. The zero-order valence-electron chi connectivity index (χ0n) is 15.2. The number of hydrogen-bond acceptors (Lipinski definition) is 6. The number of carbonyl (C=O) groups excluding carboxylic acids is 1. The van der Waals surface area contributed by atoms with E-state index in [1.54, 1.807) is 13.0 Å². The van der Waals surface area contributed by atoms with Crippen molar-refractivity contribution >= 4 is 23.5 Å². The molecule has 0 unspecified atom stereocenters. The summed E-state index contributed by atoms with van der Waals surface area (Å²) in [4.78, 5) is 17.3. The Hall–Kier alpha value is -2.33. The standard InChI is InChI=1S/C19H22N4O2S/c1-4-16(18(24)22-17-8-12(3)25-23-17)26-19-14(10-20)9-13-7-11(2)5-6-15(13)21-19/h8-9,11,16H,4-7H2,1-3H3,(H,22,23,24)/t11-,16-/m0/s1. The quantitative estimate of drug-likeness (QED) is 0.803. The van der Waals surface area contributed by atoms with Crippen molar-refractivity contribution in [3.05, 3.63) is 34.7 Å². The van der Waals surface area contributed by atoms with E-state index in [-0.39, 0.29) is 11.2 Å². The molecule has 26 heavy (non-hydrogen) atoms. The highest BCUT2D eigenvalue weighted by molar-refractivity contribution is 8.00. The largest absolute Gasteiger partial charge is 0.360 e. The summed E-state index contributed by atoms with van der Waals surface area (Å²) in [6.07, 6.45) is 3.62. The first kappa shape index (κ1) is 18.5. The lowest BCUT2D eigenvalue weighted by atomic mass is 9.87. The number of rotatable bonds is 5. The van der Waals surface area contributed by atoms with Crippen molar-refractivity contribution in [1.29, 1.82) is 5.26 Å². The Labute approximate surface area is 157 Å². The topological polar surface area (TPSA) is 91.8 Å². The van der Waals surface area contributed by atoms with Crippen LogP contribution in [0.4, 0.5) is 5.82 Å². The number of amides is 1. The van der Waals surface area contributed by atoms with Gasteiger partial charge in [-0.25, -0.2) is 4.98 Å². The number of nitrogens with zero attached hydrogens (tertiary/aromatic N) is 3. The van der Waals surface area contributed by atoms with Gasteiger partial charge >= 0.3 is 0 Å². The molecule has 1 N–H and O–H groups in total. The van der Waals surface area contributed by atoms with E-state index < -0.39 is 0 Å². The molecule has 1 aliphatic rings. The van der Waals surface area contributed by atoms with Gasteiger partial charge in [0, 0.05) is 11.8 Å². The normalized spacial score (nSPS) is 17.2. The average Bonchev–Trinajstić information content (AvgIpc) is 3.03. The minimum absolute atomic E-state index is 0.164. The fourth-order valence-corrected chi connectivity index (χ4v) is 4.08. The molecule has 3 rings (SSSR count). The second-order valence-corrected chi connectivity index (χ2v) is 7.92. The summed E-state index contributed by atoms with van der Waals surface area (Å²) in [7, 11) is 0. The summed E-state index contributed by atoms with van der Waals surface area (Å²) in [6.45, 7) is 5.93. The van der Waals surface area contributed by atoms with Crippen LogP contribution < -0.4 is 5.32 Å². The van der Waals surface area contributed by atoms with Crippen molar-refractivity contribution in [2.24, 2.45) is 5.92 Å². The molecule has 0 saturated heterocycles. The third-order valence-corrected chi connectivity index (χ3v) is 5.88. The molecule has 2 atom stereocenters. The molecule has 1 aliphatic carbocycles. The highest BCUT2D eigenvalue weighted by Crippen LogP contribution is 2.32. The zero-order chi connectivity index (χ0) is 18.7. The molecular formula is C19H22N4O2S. The summed E-state index contributed by atoms with van der Waals surface area (Å²) >= 11 is 1.34. The molecule has 0 saturated carbocycles. The minimum atomic E-state index is -0.354. The van der Waals surface area contributed by atoms with Gasteiger partial charge in [-0.05, 0) is 50.2 Å². The lowest BCUT2D eigenvalue weighted by Gasteiger charge is -2.22. The van der Waals surface area contributed by atoms with Gasteiger partial charge in [0.1, 0.15) is 16.9 Å². The van der Waals surface area contributed by atoms with Crippen LogP contribution in [0.5, 0.6) is 0 Å². The van der Waals surface area contributed by atoms with Gasteiger partial charge in [-0.3, -0.25) is 4.79 Å². The second-order valence-electron chi connectivity index (χ2n) is 6.73. The maximum atomic E-state index is 12.6. The lowest BCUT2D eigenvalue weighted by Crippen LogP contribution is -2.25. The van der Waals surface area contributed by atoms with E-state index in [1.165, 1.54) is 17.3 Å². The molecule has 0 fully saturated rings. The van der Waals surface area contributed by atoms with Crippen LogP contribution in [0, 0.1) is 24.2 Å². The molecular weight excluding hydrogens is 348 g/mol. The van der Waals surface area contributed by atoms with Gasteiger partial charge in [0.15, 0.2) is 5.82 Å². The first-order valence-electron chi connectivity index (χ1n) is 8.83.